The van der Waals surface area contributed by atoms with Crippen molar-refractivity contribution in [2.45, 2.75) is 45.6 Å². The Morgan fingerprint density at radius 2 is 2.00 bits per heavy atom. The smallest absolute Gasteiger partial charge is 0.323 e. The Labute approximate surface area is 172 Å². The van der Waals surface area contributed by atoms with Gasteiger partial charge in [-0.25, -0.2) is 8.42 Å². The van der Waals surface area contributed by atoms with Gasteiger partial charge in [0.1, 0.15) is 11.9 Å². The highest BCUT2D eigenvalue weighted by atomic mass is 35.5. The second-order valence-corrected chi connectivity index (χ2v) is 8.95. The molecule has 28 heavy (non-hydrogen) atoms. The molecule has 1 aromatic carbocycles. The summed E-state index contributed by atoms with van der Waals surface area (Å²) in [7, 11) is -3.86. The summed E-state index contributed by atoms with van der Waals surface area (Å²) in [5.41, 5.74) is 0.274. The maximum atomic E-state index is 12.0. The predicted molar refractivity (Wildman–Crippen MR) is 110 cm³/mol. The number of ether oxygens (including phenoxy) is 2. The molecule has 0 aromatic heterocycles. The molecule has 2 rings (SSSR count). The lowest BCUT2D eigenvalue weighted by Gasteiger charge is -2.32. The number of benzene rings is 1. The van der Waals surface area contributed by atoms with Gasteiger partial charge in [0, 0.05) is 13.1 Å². The second kappa shape index (κ2) is 10.9. The van der Waals surface area contributed by atoms with E-state index in [4.69, 9.17) is 16.3 Å². The summed E-state index contributed by atoms with van der Waals surface area (Å²) in [4.78, 5) is 13.8. The number of carbonyl (C=O) groups excluding carboxylic acids is 1. The third-order valence-corrected chi connectivity index (χ3v) is 5.93. The standard InChI is InChI=1S/C19H29ClN2O5S/c1-3-5-10-22-11-8-16(9-12-22)27-18-7-6-15(13-17(18)20)21-28(24,25)14-19(23)26-4-2/h6-7,13,16,21H,3-5,8-12,14H2,1-2H3. The molecule has 1 saturated heterocycles. The molecule has 1 heterocycles. The van der Waals surface area contributed by atoms with E-state index in [2.05, 4.69) is 21.3 Å². The van der Waals surface area contributed by atoms with Crippen molar-refractivity contribution in [1.29, 1.82) is 0 Å². The summed E-state index contributed by atoms with van der Waals surface area (Å²) >= 11 is 6.27. The van der Waals surface area contributed by atoms with Gasteiger partial charge in [-0.1, -0.05) is 24.9 Å². The van der Waals surface area contributed by atoms with Gasteiger partial charge in [-0.2, -0.15) is 0 Å². The first-order valence-electron chi connectivity index (χ1n) is 9.67. The van der Waals surface area contributed by atoms with Crippen LogP contribution < -0.4 is 9.46 Å². The number of hydrogen-bond acceptors (Lipinski definition) is 6. The average molecular weight is 433 g/mol. The van der Waals surface area contributed by atoms with Crippen LogP contribution >= 0.6 is 11.6 Å². The van der Waals surface area contributed by atoms with Crippen LogP contribution in [0.1, 0.15) is 39.5 Å². The summed E-state index contributed by atoms with van der Waals surface area (Å²) in [6, 6.07) is 4.70. The Hall–Kier alpha value is -1.51. The lowest BCUT2D eigenvalue weighted by molar-refractivity contribution is -0.139. The van der Waals surface area contributed by atoms with Crippen molar-refractivity contribution >= 4 is 33.3 Å². The molecule has 1 aliphatic rings. The molecule has 0 spiro atoms. The molecular formula is C19H29ClN2O5S. The molecule has 0 bridgehead atoms. The predicted octanol–water partition coefficient (Wildman–Crippen LogP) is 3.29. The third-order valence-electron chi connectivity index (χ3n) is 4.47. The van der Waals surface area contributed by atoms with Crippen LogP contribution in [0.5, 0.6) is 5.75 Å². The molecular weight excluding hydrogens is 404 g/mol. The van der Waals surface area contributed by atoms with E-state index < -0.39 is 21.7 Å². The van der Waals surface area contributed by atoms with Gasteiger partial charge in [0.15, 0.2) is 5.75 Å². The van der Waals surface area contributed by atoms with Crippen LogP contribution in [0, 0.1) is 0 Å². The number of likely N-dealkylation sites (tertiary alicyclic amines) is 1. The molecule has 1 fully saturated rings. The van der Waals surface area contributed by atoms with Crippen LogP contribution in [0.2, 0.25) is 5.02 Å². The minimum absolute atomic E-state index is 0.0988. The first-order chi connectivity index (χ1) is 13.3. The fourth-order valence-corrected chi connectivity index (χ4v) is 4.22. The number of rotatable bonds is 10. The van der Waals surface area contributed by atoms with E-state index in [0.29, 0.717) is 10.8 Å². The van der Waals surface area contributed by atoms with Gasteiger partial charge < -0.3 is 14.4 Å². The number of carbonyl (C=O) groups is 1. The van der Waals surface area contributed by atoms with Crippen LogP contribution in [0.25, 0.3) is 0 Å². The minimum atomic E-state index is -3.86. The number of esters is 1. The summed E-state index contributed by atoms with van der Waals surface area (Å²) in [6.45, 7) is 7.08. The Morgan fingerprint density at radius 1 is 1.29 bits per heavy atom. The molecule has 7 nitrogen and oxygen atoms in total. The van der Waals surface area contributed by atoms with E-state index in [1.807, 2.05) is 0 Å². The zero-order valence-corrected chi connectivity index (χ0v) is 18.0. The maximum absolute atomic E-state index is 12.0. The summed E-state index contributed by atoms with van der Waals surface area (Å²) in [6.07, 6.45) is 4.39. The van der Waals surface area contributed by atoms with Crippen LogP contribution in [0.4, 0.5) is 5.69 Å². The molecule has 0 saturated carbocycles. The summed E-state index contributed by atoms with van der Waals surface area (Å²) in [5, 5.41) is 0.324. The van der Waals surface area contributed by atoms with Crippen molar-refractivity contribution in [3.63, 3.8) is 0 Å². The van der Waals surface area contributed by atoms with Crippen molar-refractivity contribution in [2.24, 2.45) is 0 Å². The molecule has 1 N–H and O–H groups in total. The number of unbranched alkanes of at least 4 members (excludes halogenated alkanes) is 1. The van der Waals surface area contributed by atoms with Crippen molar-refractivity contribution in [1.82, 2.24) is 4.90 Å². The number of sulfonamides is 1. The zero-order chi connectivity index (χ0) is 20.6. The van der Waals surface area contributed by atoms with Crippen LogP contribution in [-0.4, -0.2) is 57.4 Å². The van der Waals surface area contributed by atoms with Crippen molar-refractivity contribution in [3.8, 4) is 5.75 Å². The van der Waals surface area contributed by atoms with E-state index in [0.717, 1.165) is 32.5 Å². The molecule has 0 aliphatic carbocycles. The van der Waals surface area contributed by atoms with Gasteiger partial charge in [0.25, 0.3) is 0 Å². The normalized spacial score (nSPS) is 16.0. The molecule has 1 aromatic rings. The molecule has 1 aliphatic heterocycles. The summed E-state index contributed by atoms with van der Waals surface area (Å²) in [5.74, 6) is -1.01. The van der Waals surface area contributed by atoms with E-state index in [9.17, 15) is 13.2 Å². The highest BCUT2D eigenvalue weighted by molar-refractivity contribution is 7.93. The van der Waals surface area contributed by atoms with E-state index in [-0.39, 0.29) is 18.4 Å². The van der Waals surface area contributed by atoms with Crippen molar-refractivity contribution in [3.05, 3.63) is 23.2 Å². The number of anilines is 1. The van der Waals surface area contributed by atoms with E-state index in [1.165, 1.54) is 18.9 Å². The van der Waals surface area contributed by atoms with Gasteiger partial charge in [-0.3, -0.25) is 9.52 Å². The van der Waals surface area contributed by atoms with Gasteiger partial charge in [-0.15, -0.1) is 0 Å². The van der Waals surface area contributed by atoms with Crippen molar-refractivity contribution in [2.75, 3.05) is 36.7 Å². The lowest BCUT2D eigenvalue weighted by Crippen LogP contribution is -2.38. The highest BCUT2D eigenvalue weighted by Gasteiger charge is 2.22. The monoisotopic (exact) mass is 432 g/mol. The maximum Gasteiger partial charge on any atom is 0.323 e. The van der Waals surface area contributed by atoms with Crippen LogP contribution in [0.3, 0.4) is 0 Å². The van der Waals surface area contributed by atoms with Gasteiger partial charge in [-0.05, 0) is 50.9 Å². The minimum Gasteiger partial charge on any atom is -0.489 e. The SMILES string of the molecule is CCCCN1CCC(Oc2ccc(NS(=O)(=O)CC(=O)OCC)cc2Cl)CC1. The van der Waals surface area contributed by atoms with Gasteiger partial charge in [0.05, 0.1) is 17.3 Å². The Bertz CT molecular complexity index is 749. The largest absolute Gasteiger partial charge is 0.489 e. The third kappa shape index (κ3) is 7.48. The number of hydrogen-bond donors (Lipinski definition) is 1. The lowest BCUT2D eigenvalue weighted by atomic mass is 10.1. The van der Waals surface area contributed by atoms with Crippen LogP contribution in [0.15, 0.2) is 18.2 Å². The highest BCUT2D eigenvalue weighted by Crippen LogP contribution is 2.30. The second-order valence-electron chi connectivity index (χ2n) is 6.82. The number of halogens is 1. The topological polar surface area (TPSA) is 84.9 Å². The Balaban J connectivity index is 1.89. The Kier molecular flexibility index (Phi) is 8.85. The van der Waals surface area contributed by atoms with Crippen molar-refractivity contribution < 1.29 is 22.7 Å². The first-order valence-corrected chi connectivity index (χ1v) is 11.7. The molecule has 158 valence electrons. The quantitative estimate of drug-likeness (QED) is 0.571. The Morgan fingerprint density at radius 3 is 2.61 bits per heavy atom. The van der Waals surface area contributed by atoms with E-state index >= 15 is 0 Å². The fourth-order valence-electron chi connectivity index (χ4n) is 3.05. The average Bonchev–Trinajstić information content (AvgIpc) is 2.62. The van der Waals surface area contributed by atoms with Gasteiger partial charge >= 0.3 is 5.97 Å². The molecule has 0 atom stereocenters. The fraction of sp³-hybridized carbons (Fsp3) is 0.632. The number of piperidine rings is 1. The summed E-state index contributed by atoms with van der Waals surface area (Å²) < 4.78 is 37.0. The molecule has 0 radical (unpaired) electrons. The first kappa shape index (κ1) is 22.8. The van der Waals surface area contributed by atoms with Gasteiger partial charge in [0.2, 0.25) is 10.0 Å². The molecule has 9 heteroatoms. The number of nitrogens with one attached hydrogen (secondary N) is 1. The molecule has 0 unspecified atom stereocenters. The van der Waals surface area contributed by atoms with E-state index in [1.54, 1.807) is 19.1 Å². The number of nitrogens with zero attached hydrogens (tertiary/aromatic N) is 1. The molecule has 0 amide bonds. The zero-order valence-electron chi connectivity index (χ0n) is 16.4. The van der Waals surface area contributed by atoms with Crippen LogP contribution in [-0.2, 0) is 19.6 Å².